The number of nitrogens with zero attached hydrogens (tertiary/aromatic N) is 4. The van der Waals surface area contributed by atoms with Gasteiger partial charge in [-0.1, -0.05) is 121 Å². The average molecular weight is 689 g/mol. The van der Waals surface area contributed by atoms with E-state index in [1.54, 1.807) is 0 Å². The van der Waals surface area contributed by atoms with Gasteiger partial charge in [0.25, 0.3) is 0 Å². The van der Waals surface area contributed by atoms with Crippen LogP contribution in [0.1, 0.15) is 0 Å². The molecule has 11 aromatic rings. The molecular formula is C50H32N4. The van der Waals surface area contributed by atoms with E-state index in [0.29, 0.717) is 5.82 Å². The summed E-state index contributed by atoms with van der Waals surface area (Å²) in [5.41, 5.74) is 13.2. The van der Waals surface area contributed by atoms with Gasteiger partial charge in [0.15, 0.2) is 5.82 Å². The van der Waals surface area contributed by atoms with Crippen LogP contribution in [0.2, 0.25) is 0 Å². The Kier molecular flexibility index (Phi) is 6.82. The number of para-hydroxylation sites is 3. The van der Waals surface area contributed by atoms with Crippen LogP contribution in [0.3, 0.4) is 0 Å². The zero-order valence-corrected chi connectivity index (χ0v) is 29.3. The van der Waals surface area contributed by atoms with Crippen molar-refractivity contribution in [3.8, 4) is 45.1 Å². The predicted octanol–water partition coefficient (Wildman–Crippen LogP) is 12.8. The Morgan fingerprint density at radius 1 is 0.296 bits per heavy atom. The van der Waals surface area contributed by atoms with Crippen molar-refractivity contribution in [3.63, 3.8) is 0 Å². The van der Waals surface area contributed by atoms with E-state index in [1.165, 1.54) is 49.2 Å². The molecule has 0 aliphatic carbocycles. The van der Waals surface area contributed by atoms with Gasteiger partial charge in [0.05, 0.1) is 33.3 Å². The molecule has 0 bridgehead atoms. The molecule has 0 aliphatic heterocycles. The maximum absolute atomic E-state index is 5.24. The van der Waals surface area contributed by atoms with Crippen LogP contribution in [0.15, 0.2) is 194 Å². The maximum Gasteiger partial charge on any atom is 0.160 e. The highest BCUT2D eigenvalue weighted by molar-refractivity contribution is 6.19. The molecule has 3 aromatic heterocycles. The third kappa shape index (κ3) is 4.78. The number of hydrogen-bond donors (Lipinski definition) is 0. The van der Waals surface area contributed by atoms with Gasteiger partial charge in [-0.25, -0.2) is 9.97 Å². The maximum atomic E-state index is 5.24. The van der Waals surface area contributed by atoms with E-state index in [1.807, 2.05) is 12.1 Å². The van der Waals surface area contributed by atoms with Crippen molar-refractivity contribution in [1.82, 2.24) is 19.1 Å². The monoisotopic (exact) mass is 688 g/mol. The number of benzene rings is 8. The lowest BCUT2D eigenvalue weighted by Gasteiger charge is -2.12. The lowest BCUT2D eigenvalue weighted by atomic mass is 10.00. The Labute approximate surface area is 311 Å². The molecule has 0 amide bonds. The quantitative estimate of drug-likeness (QED) is 0.180. The average Bonchev–Trinajstić information content (AvgIpc) is 3.75. The van der Waals surface area contributed by atoms with Crippen LogP contribution in [-0.2, 0) is 0 Å². The highest BCUT2D eigenvalue weighted by atomic mass is 15.0. The second kappa shape index (κ2) is 12.1. The molecule has 0 saturated heterocycles. The summed E-state index contributed by atoms with van der Waals surface area (Å²) in [6, 6.07) is 69.0. The zero-order valence-electron chi connectivity index (χ0n) is 29.3. The van der Waals surface area contributed by atoms with Crippen LogP contribution in [0.25, 0.3) is 99.7 Å². The normalized spacial score (nSPS) is 11.7. The Balaban J connectivity index is 1.08. The van der Waals surface area contributed by atoms with Gasteiger partial charge in [-0.15, -0.1) is 0 Å². The summed E-state index contributed by atoms with van der Waals surface area (Å²) in [5.74, 6) is 0.706. The summed E-state index contributed by atoms with van der Waals surface area (Å²) in [6.07, 6.45) is 0. The fourth-order valence-electron chi connectivity index (χ4n) is 8.21. The van der Waals surface area contributed by atoms with E-state index in [-0.39, 0.29) is 0 Å². The van der Waals surface area contributed by atoms with E-state index in [0.717, 1.165) is 44.7 Å². The number of hydrogen-bond acceptors (Lipinski definition) is 2. The largest absolute Gasteiger partial charge is 0.309 e. The number of fused-ring (bicyclic) bond motifs is 7. The molecule has 0 atom stereocenters. The van der Waals surface area contributed by atoms with Crippen LogP contribution in [0.4, 0.5) is 0 Å². The minimum Gasteiger partial charge on any atom is -0.309 e. The second-order valence-electron chi connectivity index (χ2n) is 13.8. The van der Waals surface area contributed by atoms with E-state index in [4.69, 9.17) is 9.97 Å². The molecule has 3 heterocycles. The fourth-order valence-corrected chi connectivity index (χ4v) is 8.21. The van der Waals surface area contributed by atoms with Gasteiger partial charge < -0.3 is 9.13 Å². The minimum absolute atomic E-state index is 0.706. The molecular weight excluding hydrogens is 657 g/mol. The van der Waals surface area contributed by atoms with Crippen molar-refractivity contribution >= 4 is 54.5 Å². The number of rotatable bonds is 5. The summed E-state index contributed by atoms with van der Waals surface area (Å²) in [4.78, 5) is 10.4. The van der Waals surface area contributed by atoms with E-state index in [2.05, 4.69) is 191 Å². The first kappa shape index (κ1) is 30.3. The van der Waals surface area contributed by atoms with Crippen LogP contribution < -0.4 is 0 Å². The first-order valence-electron chi connectivity index (χ1n) is 18.3. The van der Waals surface area contributed by atoms with Crippen LogP contribution in [0.5, 0.6) is 0 Å². The Morgan fingerprint density at radius 2 is 0.796 bits per heavy atom. The van der Waals surface area contributed by atoms with Crippen molar-refractivity contribution in [1.29, 1.82) is 0 Å². The molecule has 0 spiro atoms. The molecule has 0 N–H and O–H groups in total. The van der Waals surface area contributed by atoms with E-state index in [9.17, 15) is 0 Å². The van der Waals surface area contributed by atoms with Crippen molar-refractivity contribution in [2.45, 2.75) is 0 Å². The Bertz CT molecular complexity index is 3180. The molecule has 0 radical (unpaired) electrons. The molecule has 0 saturated carbocycles. The van der Waals surface area contributed by atoms with Gasteiger partial charge >= 0.3 is 0 Å². The van der Waals surface area contributed by atoms with Crippen LogP contribution in [-0.4, -0.2) is 19.1 Å². The molecule has 0 unspecified atom stereocenters. The third-order valence-corrected chi connectivity index (χ3v) is 10.7. The van der Waals surface area contributed by atoms with E-state index >= 15 is 0 Å². The summed E-state index contributed by atoms with van der Waals surface area (Å²) < 4.78 is 4.78. The van der Waals surface area contributed by atoms with Crippen molar-refractivity contribution in [3.05, 3.63) is 194 Å². The van der Waals surface area contributed by atoms with Crippen LogP contribution in [0, 0.1) is 0 Å². The highest BCUT2D eigenvalue weighted by Gasteiger charge is 2.19. The Hall–Kier alpha value is -7.30. The third-order valence-electron chi connectivity index (χ3n) is 10.7. The van der Waals surface area contributed by atoms with Crippen molar-refractivity contribution < 1.29 is 0 Å². The van der Waals surface area contributed by atoms with E-state index < -0.39 is 0 Å². The molecule has 8 aromatic carbocycles. The molecule has 0 fully saturated rings. The summed E-state index contributed by atoms with van der Waals surface area (Å²) in [6.45, 7) is 0. The molecule has 54 heavy (non-hydrogen) atoms. The van der Waals surface area contributed by atoms with Crippen LogP contribution >= 0.6 is 0 Å². The van der Waals surface area contributed by atoms with Crippen molar-refractivity contribution in [2.24, 2.45) is 0 Å². The SMILES string of the molecule is c1ccc(-c2ccc3nc(-c4ccc(-n5c6ccccc6c6cc7c(cc65)c5ccccc5n7-c5ccccc5)cc4)nc(-c4ccccc4)c3c2)cc1. The van der Waals surface area contributed by atoms with Crippen molar-refractivity contribution in [2.75, 3.05) is 0 Å². The molecule has 0 aliphatic rings. The van der Waals surface area contributed by atoms with Gasteiger partial charge in [-0.3, -0.25) is 0 Å². The molecule has 11 rings (SSSR count). The summed E-state index contributed by atoms with van der Waals surface area (Å²) in [7, 11) is 0. The zero-order chi connectivity index (χ0) is 35.6. The second-order valence-corrected chi connectivity index (χ2v) is 13.8. The first-order chi connectivity index (χ1) is 26.8. The summed E-state index contributed by atoms with van der Waals surface area (Å²) in [5, 5.41) is 5.96. The predicted molar refractivity (Wildman–Crippen MR) is 225 cm³/mol. The lowest BCUT2D eigenvalue weighted by Crippen LogP contribution is -1.97. The smallest absolute Gasteiger partial charge is 0.160 e. The van der Waals surface area contributed by atoms with Gasteiger partial charge in [-0.05, 0) is 83.9 Å². The summed E-state index contributed by atoms with van der Waals surface area (Å²) >= 11 is 0. The lowest BCUT2D eigenvalue weighted by molar-refractivity contribution is 1.17. The highest BCUT2D eigenvalue weighted by Crippen LogP contribution is 2.40. The number of aromatic nitrogens is 4. The topological polar surface area (TPSA) is 35.6 Å². The molecule has 4 heteroatoms. The Morgan fingerprint density at radius 3 is 1.41 bits per heavy atom. The standard InChI is InChI=1S/C50H32N4/c1-4-14-33(15-5-1)36-26-29-44-43(30-36)49(34-16-6-2-7-17-34)52-50(51-44)35-24-27-38(28-25-35)54-46-23-13-11-21-40(46)42-31-47-41(32-48(42)54)39-20-10-12-22-45(39)53(47)37-18-8-3-9-19-37/h1-32H. The first-order valence-corrected chi connectivity index (χ1v) is 18.3. The fraction of sp³-hybridized carbons (Fsp3) is 0. The van der Waals surface area contributed by atoms with Gasteiger partial charge in [-0.2, -0.15) is 0 Å². The van der Waals surface area contributed by atoms with Gasteiger partial charge in [0.1, 0.15) is 0 Å². The van der Waals surface area contributed by atoms with Gasteiger partial charge in [0.2, 0.25) is 0 Å². The van der Waals surface area contributed by atoms with Gasteiger partial charge in [0, 0.05) is 49.4 Å². The molecule has 252 valence electrons. The minimum atomic E-state index is 0.706. The molecule has 4 nitrogen and oxygen atoms in total.